The molecule has 3 aromatic rings. The third-order valence-electron chi connectivity index (χ3n) is 3.62. The van der Waals surface area contributed by atoms with Gasteiger partial charge in [-0.1, -0.05) is 30.3 Å². The van der Waals surface area contributed by atoms with Gasteiger partial charge in [0.2, 0.25) is 11.7 Å². The second kappa shape index (κ2) is 10.2. The van der Waals surface area contributed by atoms with Gasteiger partial charge in [0.05, 0.1) is 12.4 Å². The summed E-state index contributed by atoms with van der Waals surface area (Å²) >= 11 is 1.35. The molecule has 2 N–H and O–H groups in total. The highest BCUT2D eigenvalue weighted by Crippen LogP contribution is 2.21. The third-order valence-corrected chi connectivity index (χ3v) is 4.63. The van der Waals surface area contributed by atoms with Crippen molar-refractivity contribution in [1.29, 1.82) is 0 Å². The van der Waals surface area contributed by atoms with E-state index in [1.165, 1.54) is 16.6 Å². The van der Waals surface area contributed by atoms with Crippen molar-refractivity contribution >= 4 is 23.6 Å². The van der Waals surface area contributed by atoms with Gasteiger partial charge in [0.25, 0.3) is 5.91 Å². The second-order valence-electron chi connectivity index (χ2n) is 5.80. The van der Waals surface area contributed by atoms with Crippen molar-refractivity contribution < 1.29 is 14.3 Å². The highest BCUT2D eigenvalue weighted by molar-refractivity contribution is 8.00. The van der Waals surface area contributed by atoms with E-state index in [-0.39, 0.29) is 18.2 Å². The zero-order valence-corrected chi connectivity index (χ0v) is 16.6. The molecular weight excluding hydrogens is 392 g/mol. The number of hydrazine groups is 1. The molecule has 29 heavy (non-hydrogen) atoms. The molecule has 0 aliphatic rings. The van der Waals surface area contributed by atoms with E-state index in [0.717, 1.165) is 16.2 Å². The van der Waals surface area contributed by atoms with E-state index < -0.39 is 5.91 Å². The average molecular weight is 412 g/mol. The average Bonchev–Trinajstić information content (AvgIpc) is 3.21. The minimum Gasteiger partial charge on any atom is -0.494 e. The van der Waals surface area contributed by atoms with Crippen molar-refractivity contribution in [3.05, 3.63) is 54.6 Å². The van der Waals surface area contributed by atoms with E-state index in [9.17, 15) is 9.59 Å². The van der Waals surface area contributed by atoms with Gasteiger partial charge in [0.15, 0.2) is 0 Å². The minimum atomic E-state index is -0.457. The second-order valence-corrected chi connectivity index (χ2v) is 6.85. The summed E-state index contributed by atoms with van der Waals surface area (Å²) in [5, 5.41) is 11.9. The molecule has 2 amide bonds. The summed E-state index contributed by atoms with van der Waals surface area (Å²) in [6.45, 7) is 2.36. The summed E-state index contributed by atoms with van der Waals surface area (Å²) in [7, 11) is 0. The summed E-state index contributed by atoms with van der Waals surface area (Å²) in [5.41, 5.74) is 5.52. The summed E-state index contributed by atoms with van der Waals surface area (Å²) in [4.78, 5) is 26.0. The molecule has 0 atom stereocenters. The number of nitrogens with zero attached hydrogens (tertiary/aromatic N) is 4. The number of rotatable bonds is 8. The first kappa shape index (κ1) is 20.3. The molecule has 0 saturated heterocycles. The fourth-order valence-electron chi connectivity index (χ4n) is 2.30. The van der Waals surface area contributed by atoms with Crippen molar-refractivity contribution in [2.75, 3.05) is 12.4 Å². The number of benzene rings is 2. The molecule has 1 aromatic heterocycles. The predicted molar refractivity (Wildman–Crippen MR) is 108 cm³/mol. The Hall–Kier alpha value is -3.40. The maximum atomic E-state index is 12.0. The van der Waals surface area contributed by atoms with Gasteiger partial charge in [-0.2, -0.15) is 4.80 Å². The summed E-state index contributed by atoms with van der Waals surface area (Å²) in [6, 6.07) is 16.8. The zero-order chi connectivity index (χ0) is 20.5. The van der Waals surface area contributed by atoms with E-state index in [4.69, 9.17) is 4.74 Å². The van der Waals surface area contributed by atoms with Crippen molar-refractivity contribution in [1.82, 2.24) is 31.1 Å². The molecule has 0 unspecified atom stereocenters. The highest BCUT2D eigenvalue weighted by atomic mass is 32.2. The molecule has 150 valence electrons. The lowest BCUT2D eigenvalue weighted by Crippen LogP contribution is -2.44. The first-order valence-electron chi connectivity index (χ1n) is 8.90. The number of hydrogen-bond acceptors (Lipinski definition) is 7. The number of thioether (sulfide) groups is 1. The van der Waals surface area contributed by atoms with Crippen LogP contribution in [-0.2, 0) is 16.1 Å². The quantitative estimate of drug-likeness (QED) is 0.428. The van der Waals surface area contributed by atoms with Gasteiger partial charge in [0.1, 0.15) is 12.3 Å². The Balaban J connectivity index is 1.40. The number of nitrogens with one attached hydrogen (secondary N) is 2. The summed E-state index contributed by atoms with van der Waals surface area (Å²) in [5.74, 6) is 0.587. The van der Waals surface area contributed by atoms with Gasteiger partial charge in [-0.15, -0.1) is 22.0 Å². The Morgan fingerprint density at radius 2 is 1.76 bits per heavy atom. The lowest BCUT2D eigenvalue weighted by Gasteiger charge is -2.07. The SMILES string of the molecule is CCOc1ccc(SCC(=O)NNC(=O)Cn2nnc(-c3ccccc3)n2)cc1. The lowest BCUT2D eigenvalue weighted by molar-refractivity contribution is -0.128. The third kappa shape index (κ3) is 6.32. The molecule has 0 aliphatic heterocycles. The number of hydrogen-bond donors (Lipinski definition) is 2. The summed E-state index contributed by atoms with van der Waals surface area (Å²) < 4.78 is 5.37. The van der Waals surface area contributed by atoms with Gasteiger partial charge in [-0.05, 0) is 36.4 Å². The number of aromatic nitrogens is 4. The summed E-state index contributed by atoms with van der Waals surface area (Å²) in [6.07, 6.45) is 0. The van der Waals surface area contributed by atoms with Crippen molar-refractivity contribution in [2.24, 2.45) is 0 Å². The van der Waals surface area contributed by atoms with E-state index in [1.54, 1.807) is 0 Å². The van der Waals surface area contributed by atoms with Crippen molar-refractivity contribution in [3.8, 4) is 17.1 Å². The normalized spacial score (nSPS) is 10.4. The molecule has 0 saturated carbocycles. The fraction of sp³-hybridized carbons (Fsp3) is 0.211. The first-order valence-corrected chi connectivity index (χ1v) is 9.89. The van der Waals surface area contributed by atoms with Crippen LogP contribution in [-0.4, -0.2) is 44.4 Å². The topological polar surface area (TPSA) is 111 Å². The fourth-order valence-corrected chi connectivity index (χ4v) is 3.00. The first-order chi connectivity index (χ1) is 14.1. The number of ether oxygens (including phenoxy) is 1. The molecule has 2 aromatic carbocycles. The van der Waals surface area contributed by atoms with Gasteiger partial charge < -0.3 is 4.74 Å². The Kier molecular flexibility index (Phi) is 7.17. The van der Waals surface area contributed by atoms with Crippen LogP contribution < -0.4 is 15.6 Å². The van der Waals surface area contributed by atoms with Crippen molar-refractivity contribution in [3.63, 3.8) is 0 Å². The zero-order valence-electron chi connectivity index (χ0n) is 15.7. The molecule has 3 rings (SSSR count). The lowest BCUT2D eigenvalue weighted by atomic mass is 10.2. The predicted octanol–water partition coefficient (Wildman–Crippen LogP) is 1.68. The molecule has 9 nitrogen and oxygen atoms in total. The minimum absolute atomic E-state index is 0.161. The smallest absolute Gasteiger partial charge is 0.262 e. The van der Waals surface area contributed by atoms with E-state index >= 15 is 0 Å². The Bertz CT molecular complexity index is 946. The van der Waals surface area contributed by atoms with Crippen LogP contribution in [0.15, 0.2) is 59.5 Å². The van der Waals surface area contributed by atoms with E-state index in [1.807, 2.05) is 61.5 Å². The largest absolute Gasteiger partial charge is 0.494 e. The molecular formula is C19H20N6O3S. The molecule has 0 radical (unpaired) electrons. The van der Waals surface area contributed by atoms with Gasteiger partial charge in [-0.25, -0.2) is 0 Å². The molecule has 1 heterocycles. The Labute approximate surface area is 171 Å². The molecule has 0 bridgehead atoms. The van der Waals surface area contributed by atoms with Crippen LogP contribution in [0.3, 0.4) is 0 Å². The Morgan fingerprint density at radius 1 is 1.03 bits per heavy atom. The maximum Gasteiger partial charge on any atom is 0.262 e. The Morgan fingerprint density at radius 3 is 2.48 bits per heavy atom. The van der Waals surface area contributed by atoms with Gasteiger partial charge in [0, 0.05) is 10.5 Å². The molecule has 0 aliphatic carbocycles. The van der Waals surface area contributed by atoms with Crippen LogP contribution in [0.1, 0.15) is 6.92 Å². The number of tetrazole rings is 1. The van der Waals surface area contributed by atoms with Crippen LogP contribution in [0, 0.1) is 0 Å². The van der Waals surface area contributed by atoms with Crippen molar-refractivity contribution in [2.45, 2.75) is 18.4 Å². The molecule has 0 spiro atoms. The standard InChI is InChI=1S/C19H20N6O3S/c1-2-28-15-8-10-16(11-9-15)29-13-18(27)21-20-17(26)12-25-23-19(22-24-25)14-6-4-3-5-7-14/h3-11H,2,12-13H2,1H3,(H,20,26)(H,21,27). The number of carbonyl (C=O) groups is 2. The molecule has 10 heteroatoms. The van der Waals surface area contributed by atoms with Crippen LogP contribution in [0.25, 0.3) is 11.4 Å². The van der Waals surface area contributed by atoms with Crippen LogP contribution in [0.5, 0.6) is 5.75 Å². The molecule has 0 fully saturated rings. The van der Waals surface area contributed by atoms with Gasteiger partial charge >= 0.3 is 0 Å². The van der Waals surface area contributed by atoms with E-state index in [2.05, 4.69) is 26.3 Å². The van der Waals surface area contributed by atoms with Crippen LogP contribution >= 0.6 is 11.8 Å². The van der Waals surface area contributed by atoms with Crippen LogP contribution in [0.2, 0.25) is 0 Å². The van der Waals surface area contributed by atoms with Gasteiger partial charge in [-0.3, -0.25) is 20.4 Å². The highest BCUT2D eigenvalue weighted by Gasteiger charge is 2.10. The van der Waals surface area contributed by atoms with E-state index in [0.29, 0.717) is 12.4 Å². The monoisotopic (exact) mass is 412 g/mol. The maximum absolute atomic E-state index is 12.0. The van der Waals surface area contributed by atoms with Crippen LogP contribution in [0.4, 0.5) is 0 Å². The number of carbonyl (C=O) groups excluding carboxylic acids is 2. The number of amides is 2.